The summed E-state index contributed by atoms with van der Waals surface area (Å²) >= 11 is 0. The van der Waals surface area contributed by atoms with Crippen molar-refractivity contribution in [1.82, 2.24) is 9.80 Å². The maximum absolute atomic E-state index is 13.0. The maximum atomic E-state index is 13.0. The lowest BCUT2D eigenvalue weighted by Crippen LogP contribution is -3.00. The van der Waals surface area contributed by atoms with E-state index in [1.165, 1.54) is 11.1 Å². The van der Waals surface area contributed by atoms with Gasteiger partial charge in [-0.05, 0) is 37.5 Å². The van der Waals surface area contributed by atoms with Crippen LogP contribution in [0.25, 0.3) is 0 Å². The summed E-state index contributed by atoms with van der Waals surface area (Å²) in [5.74, 6) is 0.768. The maximum Gasteiger partial charge on any atom is 0.352 e. The number of guanidine groups is 1. The number of benzene rings is 3. The Kier molecular flexibility index (Phi) is 8.96. The number of carbonyl (C=O) groups is 1. The third-order valence-corrected chi connectivity index (χ3v) is 6.29. The van der Waals surface area contributed by atoms with Gasteiger partial charge < -0.3 is 21.7 Å². The lowest BCUT2D eigenvalue weighted by atomic mass is 9.93. The van der Waals surface area contributed by atoms with Gasteiger partial charge in [-0.2, -0.15) is 0 Å². The van der Waals surface area contributed by atoms with E-state index in [1.807, 2.05) is 39.0 Å². The molecule has 0 saturated carbocycles. The molecule has 36 heavy (non-hydrogen) atoms. The van der Waals surface area contributed by atoms with Crippen molar-refractivity contribution < 1.29 is 31.1 Å². The number of hydrogen-bond donors (Lipinski definition) is 0. The van der Waals surface area contributed by atoms with Crippen molar-refractivity contribution in [1.29, 1.82) is 0 Å². The first-order valence-corrected chi connectivity index (χ1v) is 12.2. The van der Waals surface area contributed by atoms with Crippen LogP contribution in [0.3, 0.4) is 0 Å². The fourth-order valence-corrected chi connectivity index (χ4v) is 5.01. The monoisotopic (exact) mass is 549 g/mol. The van der Waals surface area contributed by atoms with Crippen LogP contribution >= 0.6 is 0 Å². The highest BCUT2D eigenvalue weighted by Crippen LogP contribution is 2.43. The van der Waals surface area contributed by atoms with E-state index in [-0.39, 0.29) is 41.6 Å². The van der Waals surface area contributed by atoms with Gasteiger partial charge in [-0.15, -0.1) is 0 Å². The Bertz CT molecular complexity index is 1110. The van der Waals surface area contributed by atoms with Crippen LogP contribution in [0, 0.1) is 0 Å². The molecule has 0 aromatic heterocycles. The zero-order valence-corrected chi connectivity index (χ0v) is 23.4. The Morgan fingerprint density at radius 2 is 1.19 bits per heavy atom. The number of halogens is 1. The molecule has 1 aliphatic heterocycles. The van der Waals surface area contributed by atoms with Gasteiger partial charge in [0.15, 0.2) is 6.54 Å². The van der Waals surface area contributed by atoms with Gasteiger partial charge in [-0.3, -0.25) is 9.80 Å². The molecule has 0 aliphatic carbocycles. The molecule has 0 spiro atoms. The minimum atomic E-state index is -0.535. The van der Waals surface area contributed by atoms with Crippen molar-refractivity contribution in [2.24, 2.45) is 0 Å². The number of nitrogens with zero attached hydrogens (tertiary/aromatic N) is 3. The van der Waals surface area contributed by atoms with Gasteiger partial charge in [0.25, 0.3) is 0 Å². The van der Waals surface area contributed by atoms with Gasteiger partial charge in [0.2, 0.25) is 0 Å². The Labute approximate surface area is 225 Å². The standard InChI is InChI=1S/C30H36N3O2.BrH/c1-30(2,3)35-26(34)22-33(21-23-15-9-6-10-16-23)29-31(4)27(24-17-11-7-12-18-24)28(32(29)5)25-19-13-8-14-20-25;/h6-20,27-28H,21-22H2,1-5H3;1H/q+1;/p-1/t27-,28-;/m1./s1. The Morgan fingerprint density at radius 3 is 1.61 bits per heavy atom. The zero-order valence-electron chi connectivity index (χ0n) is 21.8. The van der Waals surface area contributed by atoms with Crippen LogP contribution in [0.5, 0.6) is 0 Å². The van der Waals surface area contributed by atoms with Crippen LogP contribution in [0.2, 0.25) is 0 Å². The SMILES string of the molecule is CN1C(=[N+](CC(=O)OC(C)(C)C)Cc2ccccc2)N(C)[C@H](c2ccccc2)[C@H]1c1ccccc1.[Br-]. The molecule has 4 rings (SSSR count). The van der Waals surface area contributed by atoms with E-state index >= 15 is 0 Å². The molecule has 0 bridgehead atoms. The summed E-state index contributed by atoms with van der Waals surface area (Å²) in [6.45, 7) is 6.49. The number of hydrogen-bond acceptors (Lipinski definition) is 2. The molecule has 0 radical (unpaired) electrons. The molecule has 2 atom stereocenters. The second-order valence-corrected chi connectivity index (χ2v) is 10.2. The van der Waals surface area contributed by atoms with Gasteiger partial charge in [0.05, 0.1) is 20.6 Å². The van der Waals surface area contributed by atoms with E-state index in [0.717, 1.165) is 11.5 Å². The van der Waals surface area contributed by atoms with Crippen LogP contribution in [0.4, 0.5) is 0 Å². The van der Waals surface area contributed by atoms with Crippen molar-refractivity contribution in [3.63, 3.8) is 0 Å². The highest BCUT2D eigenvalue weighted by atomic mass is 79.9. The van der Waals surface area contributed by atoms with Crippen LogP contribution in [-0.2, 0) is 16.1 Å². The first-order valence-electron chi connectivity index (χ1n) is 12.2. The average molecular weight is 551 g/mol. The summed E-state index contributed by atoms with van der Waals surface area (Å²) in [5.41, 5.74) is 3.09. The predicted octanol–water partition coefficient (Wildman–Crippen LogP) is 2.26. The van der Waals surface area contributed by atoms with Gasteiger partial charge in [-0.1, -0.05) is 91.0 Å². The first-order chi connectivity index (χ1) is 16.7. The molecule has 0 amide bonds. The summed E-state index contributed by atoms with van der Waals surface area (Å²) in [7, 11) is 4.25. The number of carbonyl (C=O) groups excluding carboxylic acids is 1. The topological polar surface area (TPSA) is 35.8 Å². The molecule has 6 heteroatoms. The van der Waals surface area contributed by atoms with Gasteiger partial charge in [0.1, 0.15) is 17.7 Å². The minimum Gasteiger partial charge on any atom is -1.00 e. The first kappa shape index (κ1) is 27.5. The summed E-state index contributed by atoms with van der Waals surface area (Å²) in [6.07, 6.45) is 0. The second-order valence-electron chi connectivity index (χ2n) is 10.2. The van der Waals surface area contributed by atoms with E-state index in [2.05, 4.69) is 101 Å². The van der Waals surface area contributed by atoms with E-state index in [4.69, 9.17) is 4.74 Å². The fraction of sp³-hybridized carbons (Fsp3) is 0.333. The van der Waals surface area contributed by atoms with Crippen LogP contribution in [0.1, 0.15) is 49.5 Å². The summed E-state index contributed by atoms with van der Waals surface area (Å²) in [6, 6.07) is 31.7. The second kappa shape index (κ2) is 11.7. The average Bonchev–Trinajstić information content (AvgIpc) is 3.09. The fourth-order valence-electron chi connectivity index (χ4n) is 5.01. The quantitative estimate of drug-likeness (QED) is 0.349. The lowest BCUT2D eigenvalue weighted by molar-refractivity contribution is -0.543. The molecule has 1 saturated heterocycles. The van der Waals surface area contributed by atoms with E-state index < -0.39 is 5.60 Å². The Balaban J connectivity index is 0.00000361. The molecule has 190 valence electrons. The summed E-state index contributed by atoms with van der Waals surface area (Å²) in [4.78, 5) is 17.6. The Hall–Kier alpha value is -3.12. The third kappa shape index (κ3) is 6.35. The molecule has 1 fully saturated rings. The highest BCUT2D eigenvalue weighted by molar-refractivity contribution is 5.80. The molecular formula is C30H36BrN3O2. The van der Waals surface area contributed by atoms with E-state index in [1.54, 1.807) is 0 Å². The van der Waals surface area contributed by atoms with Crippen molar-refractivity contribution in [3.05, 3.63) is 108 Å². The predicted molar refractivity (Wildman–Crippen MR) is 140 cm³/mol. The zero-order chi connectivity index (χ0) is 25.0. The molecule has 3 aromatic carbocycles. The van der Waals surface area contributed by atoms with Gasteiger partial charge in [-0.25, -0.2) is 9.37 Å². The Morgan fingerprint density at radius 1 is 0.778 bits per heavy atom. The number of ether oxygens (including phenoxy) is 1. The van der Waals surface area contributed by atoms with Crippen molar-refractivity contribution in [2.75, 3.05) is 20.6 Å². The molecule has 5 nitrogen and oxygen atoms in total. The van der Waals surface area contributed by atoms with E-state index in [9.17, 15) is 4.79 Å². The molecule has 0 N–H and O–H groups in total. The summed E-state index contributed by atoms with van der Waals surface area (Å²) < 4.78 is 7.87. The lowest BCUT2D eigenvalue weighted by Gasteiger charge is -2.22. The minimum absolute atomic E-state index is 0. The largest absolute Gasteiger partial charge is 1.00 e. The smallest absolute Gasteiger partial charge is 0.352 e. The van der Waals surface area contributed by atoms with Crippen molar-refractivity contribution >= 4 is 11.9 Å². The van der Waals surface area contributed by atoms with Crippen LogP contribution in [0.15, 0.2) is 91.0 Å². The number of rotatable bonds is 6. The molecular weight excluding hydrogens is 514 g/mol. The molecule has 1 heterocycles. The van der Waals surface area contributed by atoms with E-state index in [0.29, 0.717) is 6.54 Å². The third-order valence-electron chi connectivity index (χ3n) is 6.29. The van der Waals surface area contributed by atoms with Crippen LogP contribution < -0.4 is 17.0 Å². The highest BCUT2D eigenvalue weighted by Gasteiger charge is 2.50. The molecule has 1 aliphatic rings. The number of likely N-dealkylation sites (N-methyl/N-ethyl adjacent to an activating group) is 2. The molecule has 0 unspecified atom stereocenters. The van der Waals surface area contributed by atoms with Gasteiger partial charge >= 0.3 is 11.9 Å². The van der Waals surface area contributed by atoms with Crippen LogP contribution in [-0.4, -0.2) is 52.5 Å². The van der Waals surface area contributed by atoms with Crippen molar-refractivity contribution in [3.8, 4) is 0 Å². The van der Waals surface area contributed by atoms with Gasteiger partial charge in [0, 0.05) is 0 Å². The molecule has 3 aromatic rings. The normalized spacial score (nSPS) is 17.5. The number of esters is 1. The summed E-state index contributed by atoms with van der Waals surface area (Å²) in [5, 5.41) is 0. The van der Waals surface area contributed by atoms with Crippen molar-refractivity contribution in [2.45, 2.75) is 45.0 Å².